The molecule has 0 atom stereocenters. The molecule has 1 aromatic carbocycles. The van der Waals surface area contributed by atoms with Crippen LogP contribution in [0.3, 0.4) is 0 Å². The van der Waals surface area contributed by atoms with Gasteiger partial charge in [-0.25, -0.2) is 4.98 Å². The van der Waals surface area contributed by atoms with Crippen LogP contribution in [0, 0.1) is 11.3 Å². The van der Waals surface area contributed by atoms with Crippen LogP contribution < -0.4 is 0 Å². The number of hydrogen-bond acceptors (Lipinski definition) is 3. The minimum absolute atomic E-state index is 0.615. The Bertz CT molecular complexity index is 814. The highest BCUT2D eigenvalue weighted by molar-refractivity contribution is 9.10. The Hall–Kier alpha value is -2.19. The second-order valence-corrected chi connectivity index (χ2v) is 5.12. The third kappa shape index (κ3) is 2.00. The first-order chi connectivity index (χ1) is 9.19. The predicted octanol–water partition coefficient (Wildman–Crippen LogP) is 3.27. The molecular weight excluding hydrogens is 304 g/mol. The quantitative estimate of drug-likeness (QED) is 0.693. The van der Waals surface area contributed by atoms with E-state index in [4.69, 9.17) is 5.26 Å². The van der Waals surface area contributed by atoms with Crippen LogP contribution in [0.4, 0.5) is 0 Å². The number of pyridine rings is 1. The third-order valence-electron chi connectivity index (χ3n) is 2.97. The Morgan fingerprint density at radius 3 is 2.84 bits per heavy atom. The van der Waals surface area contributed by atoms with Gasteiger partial charge in [0.15, 0.2) is 0 Å². The Morgan fingerprint density at radius 1 is 1.26 bits per heavy atom. The Kier molecular flexibility index (Phi) is 2.80. The van der Waals surface area contributed by atoms with E-state index in [0.717, 1.165) is 26.9 Å². The molecule has 3 aromatic rings. The maximum Gasteiger partial charge on any atom is 0.142 e. The molecule has 0 amide bonds. The van der Waals surface area contributed by atoms with Gasteiger partial charge in [0.05, 0.1) is 22.7 Å². The number of nitriles is 1. The maximum absolute atomic E-state index is 8.93. The van der Waals surface area contributed by atoms with Gasteiger partial charge in [0, 0.05) is 29.5 Å². The van der Waals surface area contributed by atoms with Gasteiger partial charge < -0.3 is 4.57 Å². The number of aromatic nitrogens is 3. The molecular formula is C14H9BrN4. The Balaban J connectivity index is 2.25. The molecule has 0 N–H and O–H groups in total. The van der Waals surface area contributed by atoms with Gasteiger partial charge in [0.1, 0.15) is 5.82 Å². The van der Waals surface area contributed by atoms with Crippen molar-refractivity contribution >= 4 is 27.0 Å². The zero-order valence-electron chi connectivity index (χ0n) is 10.1. The van der Waals surface area contributed by atoms with Crippen LogP contribution in [0.25, 0.3) is 22.4 Å². The van der Waals surface area contributed by atoms with Crippen molar-refractivity contribution in [3.8, 4) is 17.5 Å². The van der Waals surface area contributed by atoms with Gasteiger partial charge in [-0.3, -0.25) is 4.98 Å². The van der Waals surface area contributed by atoms with Gasteiger partial charge in [-0.15, -0.1) is 0 Å². The van der Waals surface area contributed by atoms with E-state index < -0.39 is 0 Å². The van der Waals surface area contributed by atoms with Crippen LogP contribution in [-0.2, 0) is 7.05 Å². The average molecular weight is 313 g/mol. The Labute approximate surface area is 118 Å². The molecule has 2 heterocycles. The molecule has 0 spiro atoms. The van der Waals surface area contributed by atoms with E-state index in [9.17, 15) is 0 Å². The standard InChI is InChI=1S/C14H9BrN4/c1-19-13-3-2-9(6-16)4-12(13)18-14(19)10-5-11(15)8-17-7-10/h2-5,7-8H,1H3. The van der Waals surface area contributed by atoms with E-state index in [0.29, 0.717) is 5.56 Å². The largest absolute Gasteiger partial charge is 0.327 e. The van der Waals surface area contributed by atoms with E-state index in [1.165, 1.54) is 0 Å². The molecule has 3 rings (SSSR count). The minimum atomic E-state index is 0.615. The molecule has 0 fully saturated rings. The Morgan fingerprint density at radius 2 is 2.11 bits per heavy atom. The molecule has 4 nitrogen and oxygen atoms in total. The topological polar surface area (TPSA) is 54.5 Å². The van der Waals surface area contributed by atoms with Gasteiger partial charge in [-0.2, -0.15) is 5.26 Å². The van der Waals surface area contributed by atoms with Crippen LogP contribution in [0.2, 0.25) is 0 Å². The molecule has 92 valence electrons. The molecule has 0 saturated carbocycles. The van der Waals surface area contributed by atoms with Crippen LogP contribution >= 0.6 is 15.9 Å². The summed E-state index contributed by atoms with van der Waals surface area (Å²) in [5.74, 6) is 0.832. The summed E-state index contributed by atoms with van der Waals surface area (Å²) in [5.41, 5.74) is 3.36. The van der Waals surface area contributed by atoms with Gasteiger partial charge in [-0.1, -0.05) is 0 Å². The summed E-state index contributed by atoms with van der Waals surface area (Å²) >= 11 is 3.41. The first-order valence-corrected chi connectivity index (χ1v) is 6.46. The van der Waals surface area contributed by atoms with Crippen molar-refractivity contribution in [2.45, 2.75) is 0 Å². The highest BCUT2D eigenvalue weighted by atomic mass is 79.9. The lowest BCUT2D eigenvalue weighted by Gasteiger charge is -2.02. The van der Waals surface area contributed by atoms with Gasteiger partial charge >= 0.3 is 0 Å². The van der Waals surface area contributed by atoms with Crippen LogP contribution in [0.15, 0.2) is 41.1 Å². The summed E-state index contributed by atoms with van der Waals surface area (Å²) < 4.78 is 2.91. The number of imidazole rings is 1. The van der Waals surface area contributed by atoms with Gasteiger partial charge in [-0.05, 0) is 40.2 Å². The highest BCUT2D eigenvalue weighted by Gasteiger charge is 2.10. The van der Waals surface area contributed by atoms with Crippen molar-refractivity contribution in [3.05, 3.63) is 46.7 Å². The fourth-order valence-corrected chi connectivity index (χ4v) is 2.43. The summed E-state index contributed by atoms with van der Waals surface area (Å²) in [6.45, 7) is 0. The van der Waals surface area contributed by atoms with Crippen LogP contribution in [0.5, 0.6) is 0 Å². The second kappa shape index (κ2) is 4.48. The normalized spacial score (nSPS) is 10.6. The summed E-state index contributed by atoms with van der Waals surface area (Å²) in [4.78, 5) is 8.74. The first-order valence-electron chi connectivity index (χ1n) is 5.66. The summed E-state index contributed by atoms with van der Waals surface area (Å²) in [7, 11) is 1.96. The lowest BCUT2D eigenvalue weighted by atomic mass is 10.2. The SMILES string of the molecule is Cn1c(-c2cncc(Br)c2)nc2cc(C#N)ccc21. The number of aryl methyl sites for hydroxylation is 1. The van der Waals surface area contributed by atoms with E-state index in [2.05, 4.69) is 32.0 Å². The molecule has 19 heavy (non-hydrogen) atoms. The first kappa shape index (κ1) is 11.9. The molecule has 0 radical (unpaired) electrons. The lowest BCUT2D eigenvalue weighted by Crippen LogP contribution is -1.92. The predicted molar refractivity (Wildman–Crippen MR) is 76.4 cm³/mol. The smallest absolute Gasteiger partial charge is 0.142 e. The van der Waals surface area contributed by atoms with Crippen molar-refractivity contribution in [1.82, 2.24) is 14.5 Å². The molecule has 0 aliphatic heterocycles. The maximum atomic E-state index is 8.93. The molecule has 0 unspecified atom stereocenters. The number of benzene rings is 1. The lowest BCUT2D eigenvalue weighted by molar-refractivity contribution is 0.957. The van der Waals surface area contributed by atoms with Crippen molar-refractivity contribution < 1.29 is 0 Å². The fraction of sp³-hybridized carbons (Fsp3) is 0.0714. The highest BCUT2D eigenvalue weighted by Crippen LogP contribution is 2.25. The van der Waals surface area contributed by atoms with Crippen molar-refractivity contribution in [2.24, 2.45) is 7.05 Å². The molecule has 0 saturated heterocycles. The number of halogens is 1. The van der Waals surface area contributed by atoms with E-state index >= 15 is 0 Å². The van der Waals surface area contributed by atoms with Crippen molar-refractivity contribution in [2.75, 3.05) is 0 Å². The second-order valence-electron chi connectivity index (χ2n) is 4.20. The zero-order valence-corrected chi connectivity index (χ0v) is 11.7. The van der Waals surface area contributed by atoms with Crippen molar-refractivity contribution in [3.63, 3.8) is 0 Å². The monoisotopic (exact) mass is 312 g/mol. The number of rotatable bonds is 1. The van der Waals surface area contributed by atoms with Gasteiger partial charge in [0.2, 0.25) is 0 Å². The summed E-state index contributed by atoms with van der Waals surface area (Å²) in [5, 5.41) is 8.93. The summed E-state index contributed by atoms with van der Waals surface area (Å²) in [6, 6.07) is 9.61. The van der Waals surface area contributed by atoms with Gasteiger partial charge in [0.25, 0.3) is 0 Å². The molecule has 5 heteroatoms. The zero-order chi connectivity index (χ0) is 13.4. The van der Waals surface area contributed by atoms with Crippen LogP contribution in [0.1, 0.15) is 5.56 Å². The molecule has 2 aromatic heterocycles. The average Bonchev–Trinajstić information content (AvgIpc) is 2.75. The number of nitrogens with zero attached hydrogens (tertiary/aromatic N) is 4. The summed E-state index contributed by atoms with van der Waals surface area (Å²) in [6.07, 6.45) is 3.51. The number of hydrogen-bond donors (Lipinski definition) is 0. The number of fused-ring (bicyclic) bond motifs is 1. The van der Waals surface area contributed by atoms with E-state index in [-0.39, 0.29) is 0 Å². The molecule has 0 aliphatic carbocycles. The molecule has 0 bridgehead atoms. The van der Waals surface area contributed by atoms with E-state index in [1.807, 2.05) is 23.7 Å². The van der Waals surface area contributed by atoms with Crippen molar-refractivity contribution in [1.29, 1.82) is 5.26 Å². The fourth-order valence-electron chi connectivity index (χ4n) is 2.06. The minimum Gasteiger partial charge on any atom is -0.327 e. The van der Waals surface area contributed by atoms with Crippen LogP contribution in [-0.4, -0.2) is 14.5 Å². The molecule has 0 aliphatic rings. The third-order valence-corrected chi connectivity index (χ3v) is 3.41. The van der Waals surface area contributed by atoms with E-state index in [1.54, 1.807) is 24.5 Å².